The Labute approximate surface area is 150 Å². The van der Waals surface area contributed by atoms with E-state index < -0.39 is 0 Å². The Morgan fingerprint density at radius 3 is 2.92 bits per heavy atom. The lowest BCUT2D eigenvalue weighted by atomic mass is 10.0. The molecule has 1 nitrogen and oxygen atoms in total. The monoisotopic (exact) mass is 344 g/mol. The molecule has 2 aromatic rings. The Morgan fingerprint density at radius 2 is 2.12 bits per heavy atom. The third-order valence-electron chi connectivity index (χ3n) is 5.53. The van der Waals surface area contributed by atoms with E-state index in [1.807, 2.05) is 6.07 Å². The van der Waals surface area contributed by atoms with Crippen molar-refractivity contribution in [2.24, 2.45) is 5.92 Å². The molecule has 1 aromatic carbocycles. The first kappa shape index (κ1) is 15.2. The fraction of sp³-hybridized carbons (Fsp3) is 0.217. The number of allylic oxidation sites excluding steroid dienone is 7. The predicted molar refractivity (Wildman–Crippen MR) is 107 cm³/mol. The van der Waals surface area contributed by atoms with Crippen molar-refractivity contribution >= 4 is 19.6 Å². The molecule has 2 heteroatoms. The van der Waals surface area contributed by atoms with Crippen LogP contribution in [-0.2, 0) is 6.42 Å². The molecule has 124 valence electrons. The van der Waals surface area contributed by atoms with Crippen LogP contribution in [0.2, 0.25) is 0 Å². The maximum Gasteiger partial charge on any atom is 0.130 e. The predicted octanol–water partition coefficient (Wildman–Crippen LogP) is 6.91. The largest absolute Gasteiger partial charge is 0.465 e. The Kier molecular flexibility index (Phi) is 3.47. The minimum Gasteiger partial charge on any atom is -0.465 e. The van der Waals surface area contributed by atoms with Gasteiger partial charge in [-0.05, 0) is 66.8 Å². The Balaban J connectivity index is 1.67. The van der Waals surface area contributed by atoms with E-state index in [9.17, 15) is 0 Å². The summed E-state index contributed by atoms with van der Waals surface area (Å²) in [6, 6.07) is 11.1. The minimum atomic E-state index is -0.361. The van der Waals surface area contributed by atoms with E-state index in [1.165, 1.54) is 22.3 Å². The molecule has 0 saturated heterocycles. The van der Waals surface area contributed by atoms with Gasteiger partial charge in [-0.15, -0.1) is 0 Å². The summed E-state index contributed by atoms with van der Waals surface area (Å²) in [4.78, 5) is 0. The molecule has 0 fully saturated rings. The van der Waals surface area contributed by atoms with Crippen LogP contribution in [0.4, 0.5) is 0 Å². The van der Waals surface area contributed by atoms with Crippen LogP contribution in [0.15, 0.2) is 75.9 Å². The number of hydrogen-bond donors (Lipinski definition) is 0. The third kappa shape index (κ3) is 2.26. The normalized spacial score (nSPS) is 26.3. The highest BCUT2D eigenvalue weighted by Gasteiger charge is 2.41. The van der Waals surface area contributed by atoms with Gasteiger partial charge in [0.15, 0.2) is 0 Å². The van der Waals surface area contributed by atoms with Crippen molar-refractivity contribution in [1.29, 1.82) is 0 Å². The van der Waals surface area contributed by atoms with Gasteiger partial charge in [-0.2, -0.15) is 0 Å². The van der Waals surface area contributed by atoms with E-state index in [-0.39, 0.29) is 7.92 Å². The van der Waals surface area contributed by atoms with Crippen LogP contribution in [0, 0.1) is 5.92 Å². The van der Waals surface area contributed by atoms with Gasteiger partial charge in [0, 0.05) is 17.2 Å². The van der Waals surface area contributed by atoms with Crippen molar-refractivity contribution in [2.75, 3.05) is 0 Å². The molecule has 2 heterocycles. The maximum absolute atomic E-state index is 5.83. The van der Waals surface area contributed by atoms with Gasteiger partial charge >= 0.3 is 0 Å². The molecule has 0 saturated carbocycles. The van der Waals surface area contributed by atoms with Crippen molar-refractivity contribution in [3.05, 3.63) is 94.0 Å². The van der Waals surface area contributed by atoms with Crippen molar-refractivity contribution < 1.29 is 4.42 Å². The third-order valence-corrected chi connectivity index (χ3v) is 8.51. The topological polar surface area (TPSA) is 13.1 Å². The molecule has 5 rings (SSSR count). The number of furan rings is 1. The van der Waals surface area contributed by atoms with Crippen LogP contribution in [0.1, 0.15) is 42.0 Å². The van der Waals surface area contributed by atoms with Gasteiger partial charge in [-0.25, -0.2) is 0 Å². The van der Waals surface area contributed by atoms with E-state index in [2.05, 4.69) is 68.5 Å². The van der Waals surface area contributed by atoms with Gasteiger partial charge in [0.25, 0.3) is 0 Å². The average molecular weight is 344 g/mol. The van der Waals surface area contributed by atoms with Gasteiger partial charge in [-0.3, -0.25) is 0 Å². The molecular weight excluding hydrogens is 323 g/mol. The van der Waals surface area contributed by atoms with Crippen molar-refractivity contribution in [1.82, 2.24) is 0 Å². The van der Waals surface area contributed by atoms with Gasteiger partial charge in [0.05, 0.1) is 6.26 Å². The molecule has 0 amide bonds. The molecule has 0 N–H and O–H groups in total. The summed E-state index contributed by atoms with van der Waals surface area (Å²) < 4.78 is 5.83. The number of rotatable bonds is 3. The van der Waals surface area contributed by atoms with Gasteiger partial charge < -0.3 is 4.42 Å². The maximum atomic E-state index is 5.83. The molecule has 3 atom stereocenters. The summed E-state index contributed by atoms with van der Waals surface area (Å²) >= 11 is 0. The van der Waals surface area contributed by atoms with Crippen molar-refractivity contribution in [2.45, 2.75) is 25.9 Å². The quantitative estimate of drug-likeness (QED) is 0.552. The van der Waals surface area contributed by atoms with Crippen LogP contribution in [0.3, 0.4) is 0 Å². The molecule has 0 radical (unpaired) electrons. The van der Waals surface area contributed by atoms with Crippen molar-refractivity contribution in [3.8, 4) is 0 Å². The SMILES string of the molecule is CCc1ccc2c(c1)C=C(c1ccco1)C2P1C(C)=CC2C=CC=C21. The summed E-state index contributed by atoms with van der Waals surface area (Å²) in [5.74, 6) is 1.53. The first-order valence-electron chi connectivity index (χ1n) is 9.00. The highest BCUT2D eigenvalue weighted by atomic mass is 31.1. The zero-order chi connectivity index (χ0) is 17.0. The highest BCUT2D eigenvalue weighted by molar-refractivity contribution is 7.67. The summed E-state index contributed by atoms with van der Waals surface area (Å²) in [6.45, 7) is 4.54. The fourth-order valence-electron chi connectivity index (χ4n) is 4.32. The van der Waals surface area contributed by atoms with Crippen LogP contribution < -0.4 is 0 Å². The second kappa shape index (κ2) is 5.71. The van der Waals surface area contributed by atoms with Crippen LogP contribution in [0.25, 0.3) is 11.6 Å². The van der Waals surface area contributed by atoms with E-state index in [0.717, 1.165) is 12.2 Å². The second-order valence-electron chi connectivity index (χ2n) is 6.98. The fourth-order valence-corrected chi connectivity index (χ4v) is 7.48. The molecule has 25 heavy (non-hydrogen) atoms. The first-order valence-corrected chi connectivity index (χ1v) is 10.4. The Hall–Kier alpha value is -2.11. The van der Waals surface area contributed by atoms with Crippen LogP contribution in [-0.4, -0.2) is 0 Å². The molecule has 3 unspecified atom stereocenters. The number of hydrogen-bond acceptors (Lipinski definition) is 1. The van der Waals surface area contributed by atoms with Crippen LogP contribution in [0.5, 0.6) is 0 Å². The molecule has 3 aliphatic rings. The molecule has 0 bridgehead atoms. The summed E-state index contributed by atoms with van der Waals surface area (Å²) in [5, 5.41) is 3.15. The average Bonchev–Trinajstić information content (AvgIpc) is 3.37. The lowest BCUT2D eigenvalue weighted by molar-refractivity contribution is 0.551. The lowest BCUT2D eigenvalue weighted by Gasteiger charge is -2.27. The summed E-state index contributed by atoms with van der Waals surface area (Å²) in [7, 11) is -0.361. The standard InChI is InChI=1S/C23H21OP/c1-3-16-9-10-19-18(13-16)14-20(21-7-5-11-24-21)23(19)25-15(2)12-17-6-4-8-22(17)25/h4-14,17,23H,3H2,1-2H3. The van der Waals surface area contributed by atoms with Gasteiger partial charge in [0.2, 0.25) is 0 Å². The second-order valence-corrected chi connectivity index (χ2v) is 9.45. The van der Waals surface area contributed by atoms with E-state index in [0.29, 0.717) is 11.6 Å². The molecular formula is C23H21OP. The van der Waals surface area contributed by atoms with Crippen molar-refractivity contribution in [3.63, 3.8) is 0 Å². The molecule has 0 spiro atoms. The highest BCUT2D eigenvalue weighted by Crippen LogP contribution is 2.74. The molecule has 2 aliphatic carbocycles. The number of aryl methyl sites for hydroxylation is 1. The minimum absolute atomic E-state index is 0.361. The number of benzene rings is 1. The van der Waals surface area contributed by atoms with E-state index in [4.69, 9.17) is 4.42 Å². The summed E-state index contributed by atoms with van der Waals surface area (Å²) in [5.41, 5.74) is 6.01. The van der Waals surface area contributed by atoms with Gasteiger partial charge in [-0.1, -0.05) is 49.4 Å². The molecule has 1 aliphatic heterocycles. The van der Waals surface area contributed by atoms with E-state index >= 15 is 0 Å². The first-order chi connectivity index (χ1) is 12.3. The number of fused-ring (bicyclic) bond motifs is 2. The van der Waals surface area contributed by atoms with E-state index in [1.54, 1.807) is 16.9 Å². The summed E-state index contributed by atoms with van der Waals surface area (Å²) in [6.07, 6.45) is 14.6. The smallest absolute Gasteiger partial charge is 0.130 e. The molecule has 1 aromatic heterocycles. The zero-order valence-corrected chi connectivity index (χ0v) is 15.5. The van der Waals surface area contributed by atoms with Gasteiger partial charge in [0.1, 0.15) is 5.76 Å². The Morgan fingerprint density at radius 1 is 1.20 bits per heavy atom. The lowest BCUT2D eigenvalue weighted by Crippen LogP contribution is -1.99. The Bertz CT molecular complexity index is 956. The van der Waals surface area contributed by atoms with Crippen LogP contribution >= 0.6 is 7.92 Å². The zero-order valence-electron chi connectivity index (χ0n) is 14.6.